The number of fused-ring (bicyclic) bond motifs is 2. The summed E-state index contributed by atoms with van der Waals surface area (Å²) in [5.74, 6) is -0.296. The first-order chi connectivity index (χ1) is 20.8. The molecule has 0 aliphatic heterocycles. The highest BCUT2D eigenvalue weighted by molar-refractivity contribution is 7.89. The van der Waals surface area contributed by atoms with Crippen LogP contribution < -0.4 is 10.3 Å². The lowest BCUT2D eigenvalue weighted by Crippen LogP contribution is -2.15. The summed E-state index contributed by atoms with van der Waals surface area (Å²) < 4.78 is 61.1. The molecule has 5 heterocycles. The summed E-state index contributed by atoms with van der Waals surface area (Å²) in [4.78, 5) is 37.5. The molecule has 1 saturated carbocycles. The Morgan fingerprint density at radius 3 is 2.30 bits per heavy atom. The largest absolute Gasteiger partial charge is 0.496 e. The number of methoxy groups -OCH3 is 1. The smallest absolute Gasteiger partial charge is 0.265 e. The number of ether oxygens (including phenoxy) is 1. The lowest BCUT2D eigenvalue weighted by molar-refractivity contribution is 0.415. The van der Waals surface area contributed by atoms with Crippen LogP contribution in [-0.2, 0) is 26.7 Å². The first-order valence-electron chi connectivity index (χ1n) is 13.3. The third-order valence-electron chi connectivity index (χ3n) is 6.83. The minimum Gasteiger partial charge on any atom is -0.496 e. The molecule has 17 heteroatoms. The molecule has 0 bridgehead atoms. The Balaban J connectivity index is 0.000000333. The van der Waals surface area contributed by atoms with Crippen molar-refractivity contribution in [2.75, 3.05) is 18.6 Å². The fourth-order valence-corrected chi connectivity index (χ4v) is 6.44. The van der Waals surface area contributed by atoms with E-state index in [9.17, 15) is 21.6 Å². The number of imidazole rings is 1. The minimum absolute atomic E-state index is 0.255. The van der Waals surface area contributed by atoms with Gasteiger partial charge in [-0.3, -0.25) is 23.9 Å². The Hall–Kier alpha value is -3.96. The average molecular weight is 663 g/mol. The molecule has 1 aliphatic carbocycles. The number of nitrogens with zero attached hydrogens (tertiary/aromatic N) is 4. The molecular formula is C27H27ClN6O8S2. The number of aromatic amines is 2. The van der Waals surface area contributed by atoms with Crippen molar-refractivity contribution in [3.63, 3.8) is 0 Å². The van der Waals surface area contributed by atoms with Gasteiger partial charge in [-0.1, -0.05) is 18.5 Å². The first-order valence-corrected chi connectivity index (χ1v) is 16.9. The summed E-state index contributed by atoms with van der Waals surface area (Å²) in [6.07, 6.45) is 6.47. The predicted molar refractivity (Wildman–Crippen MR) is 164 cm³/mol. The summed E-state index contributed by atoms with van der Waals surface area (Å²) in [6, 6.07) is 7.29. The molecule has 4 N–H and O–H groups in total. The number of pyridine rings is 4. The Labute approximate surface area is 256 Å². The number of hydrogen-bond donors (Lipinski definition) is 4. The summed E-state index contributed by atoms with van der Waals surface area (Å²) >= 11 is 6.17. The molecular weight excluding hydrogens is 636 g/mol. The normalized spacial score (nSPS) is 13.6. The van der Waals surface area contributed by atoms with Crippen LogP contribution in [0, 0.1) is 0 Å². The highest BCUT2D eigenvalue weighted by Gasteiger charge is 2.26. The Morgan fingerprint density at radius 1 is 0.977 bits per heavy atom. The van der Waals surface area contributed by atoms with Gasteiger partial charge >= 0.3 is 0 Å². The summed E-state index contributed by atoms with van der Waals surface area (Å²) in [7, 11) is -6.95. The van der Waals surface area contributed by atoms with Gasteiger partial charge in [0.2, 0.25) is 0 Å². The molecule has 0 unspecified atom stereocenters. The molecule has 44 heavy (non-hydrogen) atoms. The van der Waals surface area contributed by atoms with Gasteiger partial charge in [0, 0.05) is 41.5 Å². The van der Waals surface area contributed by atoms with E-state index in [2.05, 4.69) is 29.9 Å². The van der Waals surface area contributed by atoms with Crippen LogP contribution in [0.4, 0.5) is 0 Å². The standard InChI is InChI=1S/C25H21ClN6O2.C2H6O6S2/c1-3-16-23-19(10-21(26)29-16)30-24(32-23)14-8-13-17(31-25(14)33)6-7-27-22(13)15-11-28-18(12-4-5-12)9-20(15)34-2;3-9(4,5)1-2-10(6,7)8/h6-12H,3-5H2,1-2H3,(H,30,32)(H,31,33);1-2H2,(H,3,4,5)(H,6,7,8). The molecule has 6 rings (SSSR count). The number of hydrogen-bond acceptors (Lipinski definition) is 10. The number of H-pyrrole nitrogens is 2. The number of nitrogens with one attached hydrogen (secondary N) is 2. The van der Waals surface area contributed by atoms with E-state index in [4.69, 9.17) is 25.4 Å². The lowest BCUT2D eigenvalue weighted by Gasteiger charge is -2.12. The molecule has 232 valence electrons. The van der Waals surface area contributed by atoms with Crippen molar-refractivity contribution in [1.82, 2.24) is 29.9 Å². The fourth-order valence-electron chi connectivity index (χ4n) is 4.55. The Bertz CT molecular complexity index is 2130. The van der Waals surface area contributed by atoms with E-state index in [1.54, 1.807) is 31.6 Å². The zero-order chi connectivity index (χ0) is 31.8. The van der Waals surface area contributed by atoms with Crippen LogP contribution in [0.15, 0.2) is 41.5 Å². The monoisotopic (exact) mass is 662 g/mol. The second-order valence-corrected chi connectivity index (χ2v) is 13.5. The molecule has 0 amide bonds. The average Bonchev–Trinajstić information content (AvgIpc) is 3.73. The van der Waals surface area contributed by atoms with E-state index in [0.29, 0.717) is 51.4 Å². The number of aryl methyl sites for hydroxylation is 1. The molecule has 0 radical (unpaired) electrons. The van der Waals surface area contributed by atoms with Crippen molar-refractivity contribution >= 4 is 53.8 Å². The van der Waals surface area contributed by atoms with Crippen LogP contribution in [0.1, 0.15) is 37.1 Å². The van der Waals surface area contributed by atoms with Crippen molar-refractivity contribution in [3.05, 3.63) is 63.6 Å². The molecule has 0 atom stereocenters. The van der Waals surface area contributed by atoms with Gasteiger partial charge in [-0.2, -0.15) is 16.8 Å². The van der Waals surface area contributed by atoms with E-state index in [0.717, 1.165) is 40.7 Å². The molecule has 0 saturated heterocycles. The Kier molecular flexibility index (Phi) is 8.73. The third-order valence-corrected chi connectivity index (χ3v) is 8.72. The van der Waals surface area contributed by atoms with Crippen LogP contribution in [0.25, 0.3) is 44.6 Å². The van der Waals surface area contributed by atoms with Gasteiger partial charge in [-0.15, -0.1) is 0 Å². The summed E-state index contributed by atoms with van der Waals surface area (Å²) in [5.41, 5.74) is 5.51. The van der Waals surface area contributed by atoms with Crippen molar-refractivity contribution in [3.8, 4) is 28.4 Å². The van der Waals surface area contributed by atoms with Gasteiger partial charge in [-0.25, -0.2) is 9.97 Å². The highest BCUT2D eigenvalue weighted by Crippen LogP contribution is 2.42. The van der Waals surface area contributed by atoms with Gasteiger partial charge in [0.15, 0.2) is 0 Å². The fraction of sp³-hybridized carbons (Fsp3) is 0.296. The van der Waals surface area contributed by atoms with Crippen LogP contribution in [-0.4, -0.2) is 74.5 Å². The number of halogens is 1. The van der Waals surface area contributed by atoms with Gasteiger partial charge in [-0.05, 0) is 31.4 Å². The van der Waals surface area contributed by atoms with E-state index in [-0.39, 0.29) is 5.56 Å². The molecule has 5 aromatic heterocycles. The molecule has 0 spiro atoms. The molecule has 5 aromatic rings. The quantitative estimate of drug-likeness (QED) is 0.138. The molecule has 0 aromatic carbocycles. The zero-order valence-electron chi connectivity index (χ0n) is 23.4. The van der Waals surface area contributed by atoms with Crippen LogP contribution in [0.2, 0.25) is 5.15 Å². The number of aromatic nitrogens is 6. The van der Waals surface area contributed by atoms with Gasteiger partial charge < -0.3 is 14.7 Å². The van der Waals surface area contributed by atoms with E-state index >= 15 is 0 Å². The predicted octanol–water partition coefficient (Wildman–Crippen LogP) is 3.79. The van der Waals surface area contributed by atoms with E-state index < -0.39 is 31.7 Å². The van der Waals surface area contributed by atoms with Crippen molar-refractivity contribution in [1.29, 1.82) is 0 Å². The summed E-state index contributed by atoms with van der Waals surface area (Å²) in [5, 5.41) is 1.15. The van der Waals surface area contributed by atoms with E-state index in [1.165, 1.54) is 0 Å². The Morgan fingerprint density at radius 2 is 1.68 bits per heavy atom. The topological polar surface area (TPSA) is 218 Å². The molecule has 1 fully saturated rings. The van der Waals surface area contributed by atoms with Crippen molar-refractivity contribution in [2.24, 2.45) is 0 Å². The number of rotatable bonds is 8. The maximum atomic E-state index is 13.0. The van der Waals surface area contributed by atoms with Crippen LogP contribution in [0.5, 0.6) is 5.75 Å². The third kappa shape index (κ3) is 7.22. The summed E-state index contributed by atoms with van der Waals surface area (Å²) in [6.45, 7) is 1.99. The maximum absolute atomic E-state index is 13.0. The van der Waals surface area contributed by atoms with E-state index in [1.807, 2.05) is 19.1 Å². The lowest BCUT2D eigenvalue weighted by atomic mass is 10.0. The zero-order valence-corrected chi connectivity index (χ0v) is 25.8. The molecule has 1 aliphatic rings. The van der Waals surface area contributed by atoms with Gasteiger partial charge in [0.25, 0.3) is 25.8 Å². The van der Waals surface area contributed by atoms with Crippen molar-refractivity contribution < 1.29 is 30.7 Å². The second kappa shape index (κ2) is 12.2. The highest BCUT2D eigenvalue weighted by atomic mass is 35.5. The minimum atomic E-state index is -4.30. The van der Waals surface area contributed by atoms with Gasteiger partial charge in [0.1, 0.15) is 22.2 Å². The molecule has 14 nitrogen and oxygen atoms in total. The van der Waals surface area contributed by atoms with Crippen LogP contribution in [0.3, 0.4) is 0 Å². The van der Waals surface area contributed by atoms with Gasteiger partial charge in [0.05, 0.1) is 52.2 Å². The first kappa shape index (κ1) is 31.5. The second-order valence-electron chi connectivity index (χ2n) is 10.0. The SMILES string of the molecule is CCc1nc(Cl)cc2[nH]c(-c3cc4c(-c5cnc(C6CC6)cc5OC)nccc4[nH]c3=O)nc12.O=S(=O)(O)CCS(=O)(=O)O. The maximum Gasteiger partial charge on any atom is 0.265 e. The van der Waals surface area contributed by atoms with Crippen molar-refractivity contribution in [2.45, 2.75) is 32.1 Å². The van der Waals surface area contributed by atoms with Crippen LogP contribution >= 0.6 is 11.6 Å².